The summed E-state index contributed by atoms with van der Waals surface area (Å²) in [5.74, 6) is 1.09. The predicted molar refractivity (Wildman–Crippen MR) is 102 cm³/mol. The van der Waals surface area contributed by atoms with Gasteiger partial charge in [-0.15, -0.1) is 0 Å². The summed E-state index contributed by atoms with van der Waals surface area (Å²) in [6, 6.07) is 12.1. The van der Waals surface area contributed by atoms with Gasteiger partial charge in [-0.3, -0.25) is 9.88 Å². The molecule has 140 valence electrons. The van der Waals surface area contributed by atoms with Crippen molar-refractivity contribution in [3.63, 3.8) is 0 Å². The minimum absolute atomic E-state index is 0.0865. The van der Waals surface area contributed by atoms with E-state index in [1.54, 1.807) is 12.4 Å². The van der Waals surface area contributed by atoms with E-state index < -0.39 is 6.10 Å². The van der Waals surface area contributed by atoms with Crippen LogP contribution in [-0.4, -0.2) is 51.9 Å². The van der Waals surface area contributed by atoms with Gasteiger partial charge < -0.3 is 14.5 Å². The van der Waals surface area contributed by atoms with Crippen molar-refractivity contribution in [2.75, 3.05) is 25.5 Å². The fraction of sp³-hybridized carbons (Fsp3) is 0.350. The van der Waals surface area contributed by atoms with E-state index in [-0.39, 0.29) is 6.04 Å². The second-order valence-electron chi connectivity index (χ2n) is 7.09. The molecule has 0 bridgehead atoms. The van der Waals surface area contributed by atoms with E-state index in [2.05, 4.69) is 49.2 Å². The number of rotatable bonds is 5. The van der Waals surface area contributed by atoms with E-state index in [1.165, 1.54) is 5.56 Å². The normalized spacial score (nSPS) is 20.1. The second-order valence-corrected chi connectivity index (χ2v) is 7.09. The van der Waals surface area contributed by atoms with Crippen molar-refractivity contribution < 1.29 is 9.63 Å². The van der Waals surface area contributed by atoms with Gasteiger partial charge in [-0.25, -0.2) is 0 Å². The van der Waals surface area contributed by atoms with Crippen LogP contribution < -0.4 is 4.90 Å². The lowest BCUT2D eigenvalue weighted by Crippen LogP contribution is -2.24. The minimum atomic E-state index is -0.396. The summed E-state index contributed by atoms with van der Waals surface area (Å²) in [5.41, 5.74) is 3.22. The van der Waals surface area contributed by atoms with Crippen LogP contribution in [0.15, 0.2) is 53.3 Å². The summed E-state index contributed by atoms with van der Waals surface area (Å²) in [7, 11) is 4.05. The Balaban J connectivity index is 1.52. The Hall–Kier alpha value is -2.77. The zero-order chi connectivity index (χ0) is 18.8. The van der Waals surface area contributed by atoms with Crippen molar-refractivity contribution in [3.8, 4) is 11.4 Å². The van der Waals surface area contributed by atoms with Crippen LogP contribution in [-0.2, 0) is 6.54 Å². The van der Waals surface area contributed by atoms with Crippen molar-refractivity contribution in [1.82, 2.24) is 20.0 Å². The van der Waals surface area contributed by atoms with Gasteiger partial charge in [0.2, 0.25) is 11.7 Å². The predicted octanol–water partition coefficient (Wildman–Crippen LogP) is 2.51. The number of likely N-dealkylation sites (tertiary alicyclic amines) is 1. The number of β-amino-alcohol motifs (C(OH)–C–C–N with tert-alkyl or cyclic N) is 1. The number of pyridine rings is 1. The first-order chi connectivity index (χ1) is 13.1. The van der Waals surface area contributed by atoms with Gasteiger partial charge in [0, 0.05) is 50.8 Å². The van der Waals surface area contributed by atoms with E-state index in [1.807, 2.05) is 26.2 Å². The molecule has 1 N–H and O–H groups in total. The molecular formula is C20H23N5O2. The quantitative estimate of drug-likeness (QED) is 0.744. The maximum Gasteiger partial charge on any atom is 0.244 e. The van der Waals surface area contributed by atoms with Gasteiger partial charge in [-0.1, -0.05) is 17.3 Å². The molecule has 1 fully saturated rings. The molecule has 0 radical (unpaired) electrons. The van der Waals surface area contributed by atoms with Crippen LogP contribution in [0.3, 0.4) is 0 Å². The second kappa shape index (κ2) is 7.46. The van der Waals surface area contributed by atoms with E-state index in [4.69, 9.17) is 4.52 Å². The minimum Gasteiger partial charge on any atom is -0.392 e. The molecule has 1 saturated heterocycles. The van der Waals surface area contributed by atoms with Gasteiger partial charge in [0.05, 0.1) is 12.1 Å². The van der Waals surface area contributed by atoms with E-state index in [0.717, 1.165) is 17.8 Å². The Morgan fingerprint density at radius 3 is 2.59 bits per heavy atom. The lowest BCUT2D eigenvalue weighted by Gasteiger charge is -2.21. The molecule has 1 aliphatic rings. The fourth-order valence-electron chi connectivity index (χ4n) is 3.43. The van der Waals surface area contributed by atoms with Gasteiger partial charge in [0.15, 0.2) is 0 Å². The highest BCUT2D eigenvalue weighted by Gasteiger charge is 2.35. The van der Waals surface area contributed by atoms with Crippen LogP contribution in [0, 0.1) is 0 Å². The van der Waals surface area contributed by atoms with Crippen LogP contribution in [0.1, 0.15) is 23.9 Å². The van der Waals surface area contributed by atoms with Crippen LogP contribution in [0.2, 0.25) is 0 Å². The first kappa shape index (κ1) is 17.6. The maximum absolute atomic E-state index is 10.2. The molecule has 4 rings (SSSR count). The molecule has 0 spiro atoms. The Labute approximate surface area is 158 Å². The van der Waals surface area contributed by atoms with Crippen molar-refractivity contribution in [2.45, 2.75) is 25.1 Å². The molecule has 2 aromatic heterocycles. The first-order valence-corrected chi connectivity index (χ1v) is 9.02. The van der Waals surface area contributed by atoms with Crippen molar-refractivity contribution >= 4 is 5.69 Å². The molecule has 0 saturated carbocycles. The number of aromatic nitrogens is 3. The number of aliphatic hydroxyl groups is 1. The highest BCUT2D eigenvalue weighted by molar-refractivity contribution is 5.52. The lowest BCUT2D eigenvalue weighted by molar-refractivity contribution is 0.169. The molecular weight excluding hydrogens is 342 g/mol. The van der Waals surface area contributed by atoms with Crippen molar-refractivity contribution in [1.29, 1.82) is 0 Å². The Kier molecular flexibility index (Phi) is 4.87. The number of anilines is 1. The fourth-order valence-corrected chi connectivity index (χ4v) is 3.43. The third kappa shape index (κ3) is 3.84. The van der Waals surface area contributed by atoms with Crippen LogP contribution >= 0.6 is 0 Å². The van der Waals surface area contributed by atoms with Gasteiger partial charge >= 0.3 is 0 Å². The summed E-state index contributed by atoms with van der Waals surface area (Å²) in [6.07, 6.45) is 3.60. The smallest absolute Gasteiger partial charge is 0.244 e. The monoisotopic (exact) mass is 365 g/mol. The van der Waals surface area contributed by atoms with Crippen molar-refractivity contribution in [3.05, 3.63) is 60.2 Å². The number of nitrogens with zero attached hydrogens (tertiary/aromatic N) is 5. The lowest BCUT2D eigenvalue weighted by atomic mass is 10.1. The summed E-state index contributed by atoms with van der Waals surface area (Å²) in [4.78, 5) is 12.8. The zero-order valence-electron chi connectivity index (χ0n) is 15.5. The first-order valence-electron chi connectivity index (χ1n) is 9.02. The number of hydrogen-bond acceptors (Lipinski definition) is 7. The molecule has 1 aliphatic heterocycles. The Morgan fingerprint density at radius 2 is 1.89 bits per heavy atom. The Morgan fingerprint density at radius 1 is 1.15 bits per heavy atom. The standard InChI is InChI=1S/C20H23N5O2/c1-24(2)16-5-3-14(4-6-16)12-25-13-17(26)11-18(25)20-22-19(23-27-20)15-7-9-21-10-8-15/h3-10,17-18,26H,11-13H2,1-2H3/t17-,18+/m1/s1. The molecule has 7 heteroatoms. The highest BCUT2D eigenvalue weighted by Crippen LogP contribution is 2.33. The largest absolute Gasteiger partial charge is 0.392 e. The molecule has 3 heterocycles. The molecule has 27 heavy (non-hydrogen) atoms. The van der Waals surface area contributed by atoms with E-state index in [9.17, 15) is 5.11 Å². The summed E-state index contributed by atoms with van der Waals surface area (Å²) >= 11 is 0. The molecule has 3 aromatic rings. The number of benzene rings is 1. The van der Waals surface area contributed by atoms with Crippen LogP contribution in [0.4, 0.5) is 5.69 Å². The highest BCUT2D eigenvalue weighted by atomic mass is 16.5. The third-order valence-corrected chi connectivity index (χ3v) is 4.89. The summed E-state index contributed by atoms with van der Waals surface area (Å²) in [6.45, 7) is 1.31. The summed E-state index contributed by atoms with van der Waals surface area (Å²) < 4.78 is 5.53. The topological polar surface area (TPSA) is 78.5 Å². The van der Waals surface area contributed by atoms with Gasteiger partial charge in [0.1, 0.15) is 0 Å². The molecule has 0 amide bonds. The van der Waals surface area contributed by atoms with Crippen LogP contribution in [0.5, 0.6) is 0 Å². The van der Waals surface area contributed by atoms with E-state index in [0.29, 0.717) is 24.7 Å². The molecule has 1 aromatic carbocycles. The average Bonchev–Trinajstić information content (AvgIpc) is 3.29. The summed E-state index contributed by atoms with van der Waals surface area (Å²) in [5, 5.41) is 14.3. The molecule has 2 atom stereocenters. The van der Waals surface area contributed by atoms with Crippen LogP contribution in [0.25, 0.3) is 11.4 Å². The molecule has 0 unspecified atom stereocenters. The van der Waals surface area contributed by atoms with Crippen molar-refractivity contribution in [2.24, 2.45) is 0 Å². The molecule has 0 aliphatic carbocycles. The third-order valence-electron chi connectivity index (χ3n) is 4.89. The van der Waals surface area contributed by atoms with Gasteiger partial charge in [0.25, 0.3) is 0 Å². The van der Waals surface area contributed by atoms with Gasteiger partial charge in [-0.05, 0) is 36.2 Å². The van der Waals surface area contributed by atoms with Gasteiger partial charge in [-0.2, -0.15) is 4.98 Å². The Bertz CT molecular complexity index is 879. The molecule has 7 nitrogen and oxygen atoms in total. The maximum atomic E-state index is 10.2. The number of hydrogen-bond donors (Lipinski definition) is 1. The number of aliphatic hydroxyl groups excluding tert-OH is 1. The van der Waals surface area contributed by atoms with E-state index >= 15 is 0 Å². The zero-order valence-corrected chi connectivity index (χ0v) is 15.5. The SMILES string of the molecule is CN(C)c1ccc(CN2C[C@H](O)C[C@H]2c2nc(-c3ccncc3)no2)cc1. The average molecular weight is 365 g/mol.